The monoisotopic (exact) mass is 456 g/mol. The quantitative estimate of drug-likeness (QED) is 0.417. The van der Waals surface area contributed by atoms with Crippen molar-refractivity contribution in [1.82, 2.24) is 24.3 Å². The third-order valence-corrected chi connectivity index (χ3v) is 5.21. The molecule has 0 unspecified atom stereocenters. The Balaban J connectivity index is 1.54. The van der Waals surface area contributed by atoms with Crippen molar-refractivity contribution < 1.29 is 4.74 Å². The van der Waals surface area contributed by atoms with Gasteiger partial charge in [-0.15, -0.1) is 0 Å². The maximum absolute atomic E-state index is 13.4. The largest absolute Gasteiger partial charge is 0.449 e. The van der Waals surface area contributed by atoms with Gasteiger partial charge in [-0.3, -0.25) is 4.79 Å². The van der Waals surface area contributed by atoms with Crippen LogP contribution in [0.15, 0.2) is 96.6 Å². The van der Waals surface area contributed by atoms with Crippen molar-refractivity contribution in [3.63, 3.8) is 0 Å². The van der Waals surface area contributed by atoms with Crippen LogP contribution in [0.4, 0.5) is 5.82 Å². The van der Waals surface area contributed by atoms with E-state index in [1.54, 1.807) is 78.1 Å². The number of benzene rings is 2. The highest BCUT2D eigenvalue weighted by molar-refractivity contribution is 6.30. The van der Waals surface area contributed by atoms with E-state index in [1.165, 1.54) is 4.68 Å². The zero-order valence-electron chi connectivity index (χ0n) is 17.2. The highest BCUT2D eigenvalue weighted by Crippen LogP contribution is 2.28. The number of halogens is 1. The zero-order valence-corrected chi connectivity index (χ0v) is 17.9. The minimum absolute atomic E-state index is 0.111. The lowest BCUT2D eigenvalue weighted by Crippen LogP contribution is -2.23. The fourth-order valence-corrected chi connectivity index (χ4v) is 3.41. The SMILES string of the molecule is Nc1ccc(-c2ccc(Oc3c(-n4ccnc4)cnn(-c4ccc(Cl)cc4)c3=O)cc2)cn1. The summed E-state index contributed by atoms with van der Waals surface area (Å²) in [6.07, 6.45) is 8.17. The van der Waals surface area contributed by atoms with Crippen molar-refractivity contribution in [2.24, 2.45) is 0 Å². The van der Waals surface area contributed by atoms with Crippen molar-refractivity contribution in [3.05, 3.63) is 107 Å². The summed E-state index contributed by atoms with van der Waals surface area (Å²) in [5.74, 6) is 1.06. The molecule has 0 bridgehead atoms. The van der Waals surface area contributed by atoms with Crippen LogP contribution in [-0.4, -0.2) is 24.3 Å². The number of pyridine rings is 1. The summed E-state index contributed by atoms with van der Waals surface area (Å²) in [5, 5.41) is 4.88. The van der Waals surface area contributed by atoms with E-state index in [2.05, 4.69) is 15.1 Å². The normalized spacial score (nSPS) is 10.8. The molecule has 0 saturated heterocycles. The first kappa shape index (κ1) is 20.5. The van der Waals surface area contributed by atoms with Crippen LogP contribution < -0.4 is 16.0 Å². The van der Waals surface area contributed by atoms with Crippen LogP contribution in [0.2, 0.25) is 5.02 Å². The van der Waals surface area contributed by atoms with Gasteiger partial charge in [0.25, 0.3) is 0 Å². The second kappa shape index (κ2) is 8.60. The minimum atomic E-state index is -0.421. The summed E-state index contributed by atoms with van der Waals surface area (Å²) < 4.78 is 9.01. The molecular weight excluding hydrogens is 440 g/mol. The highest BCUT2D eigenvalue weighted by atomic mass is 35.5. The Labute approximate surface area is 193 Å². The number of anilines is 1. The smallest absolute Gasteiger partial charge is 0.316 e. The average molecular weight is 457 g/mol. The van der Waals surface area contributed by atoms with Crippen molar-refractivity contribution in [2.45, 2.75) is 0 Å². The summed E-state index contributed by atoms with van der Waals surface area (Å²) in [5.41, 5.74) is 8.14. The zero-order chi connectivity index (χ0) is 22.8. The predicted octanol–water partition coefficient (Wildman–Crippen LogP) is 4.51. The number of rotatable bonds is 5. The lowest BCUT2D eigenvalue weighted by molar-refractivity contribution is 0.464. The molecule has 0 saturated carbocycles. The molecule has 2 aromatic carbocycles. The maximum Gasteiger partial charge on any atom is 0.316 e. The van der Waals surface area contributed by atoms with Gasteiger partial charge in [-0.25, -0.2) is 9.97 Å². The molecule has 2 N–H and O–H groups in total. The van der Waals surface area contributed by atoms with Crippen LogP contribution in [-0.2, 0) is 0 Å². The van der Waals surface area contributed by atoms with Crippen LogP contribution in [0.3, 0.4) is 0 Å². The van der Waals surface area contributed by atoms with Crippen LogP contribution >= 0.6 is 11.6 Å². The lowest BCUT2D eigenvalue weighted by atomic mass is 10.1. The second-order valence-corrected chi connectivity index (χ2v) is 7.56. The number of imidazole rings is 1. The van der Waals surface area contributed by atoms with Crippen LogP contribution in [0.1, 0.15) is 0 Å². The van der Waals surface area contributed by atoms with Gasteiger partial charge in [0.1, 0.15) is 17.3 Å². The van der Waals surface area contributed by atoms with E-state index < -0.39 is 5.56 Å². The molecule has 8 nitrogen and oxygen atoms in total. The van der Waals surface area contributed by atoms with Gasteiger partial charge in [0.15, 0.2) is 0 Å². The number of nitrogen functional groups attached to an aromatic ring is 1. The molecule has 0 radical (unpaired) electrons. The number of hydrogen-bond donors (Lipinski definition) is 1. The van der Waals surface area contributed by atoms with Crippen molar-refractivity contribution in [3.8, 4) is 34.0 Å². The van der Waals surface area contributed by atoms with E-state index in [4.69, 9.17) is 22.1 Å². The minimum Gasteiger partial charge on any atom is -0.449 e. The molecule has 0 aliphatic heterocycles. The first-order chi connectivity index (χ1) is 16.1. The van der Waals surface area contributed by atoms with Gasteiger partial charge in [-0.05, 0) is 54.1 Å². The molecule has 3 heterocycles. The van der Waals surface area contributed by atoms with E-state index in [0.717, 1.165) is 11.1 Å². The molecule has 0 aliphatic carbocycles. The fourth-order valence-electron chi connectivity index (χ4n) is 3.29. The van der Waals surface area contributed by atoms with Gasteiger partial charge < -0.3 is 15.0 Å². The van der Waals surface area contributed by atoms with E-state index in [-0.39, 0.29) is 5.75 Å². The van der Waals surface area contributed by atoms with Crippen LogP contribution in [0.5, 0.6) is 11.5 Å². The Morgan fingerprint density at radius 3 is 2.33 bits per heavy atom. The molecule has 0 fully saturated rings. The van der Waals surface area contributed by atoms with Crippen molar-refractivity contribution in [1.29, 1.82) is 0 Å². The number of hydrogen-bond acceptors (Lipinski definition) is 6. The molecule has 0 aliphatic rings. The van der Waals surface area contributed by atoms with E-state index in [9.17, 15) is 4.79 Å². The number of aromatic nitrogens is 5. The summed E-state index contributed by atoms with van der Waals surface area (Å²) in [6, 6.07) is 17.8. The Morgan fingerprint density at radius 1 is 0.909 bits per heavy atom. The molecule has 9 heteroatoms. The molecular formula is C24H17ClN6O2. The molecule has 162 valence electrons. The first-order valence-corrected chi connectivity index (χ1v) is 10.3. The van der Waals surface area contributed by atoms with Gasteiger partial charge in [-0.2, -0.15) is 9.78 Å². The van der Waals surface area contributed by atoms with E-state index >= 15 is 0 Å². The molecule has 5 aromatic rings. The third kappa shape index (κ3) is 4.19. The summed E-state index contributed by atoms with van der Waals surface area (Å²) in [7, 11) is 0. The Morgan fingerprint density at radius 2 is 1.67 bits per heavy atom. The van der Waals surface area contributed by atoms with E-state index in [0.29, 0.717) is 28.0 Å². The fraction of sp³-hybridized carbons (Fsp3) is 0. The third-order valence-electron chi connectivity index (χ3n) is 4.96. The van der Waals surface area contributed by atoms with Gasteiger partial charge in [0.05, 0.1) is 18.2 Å². The van der Waals surface area contributed by atoms with Gasteiger partial charge in [0, 0.05) is 29.2 Å². The number of nitrogens with two attached hydrogens (primary N) is 1. The molecule has 3 aromatic heterocycles. The van der Waals surface area contributed by atoms with Crippen molar-refractivity contribution in [2.75, 3.05) is 5.73 Å². The average Bonchev–Trinajstić information content (AvgIpc) is 3.37. The van der Waals surface area contributed by atoms with E-state index in [1.807, 2.05) is 18.2 Å². The molecule has 0 spiro atoms. The van der Waals surface area contributed by atoms with Gasteiger partial charge >= 0.3 is 5.56 Å². The molecule has 33 heavy (non-hydrogen) atoms. The summed E-state index contributed by atoms with van der Waals surface area (Å²) in [6.45, 7) is 0. The second-order valence-electron chi connectivity index (χ2n) is 7.12. The standard InChI is InChI=1S/C24H17ClN6O2/c25-18-4-6-19(7-5-18)31-24(32)23(21(14-29-31)30-12-11-27-15-30)33-20-8-1-16(2-9-20)17-3-10-22(26)28-13-17/h1-15H,(H2,26,28). The summed E-state index contributed by atoms with van der Waals surface area (Å²) >= 11 is 5.98. The van der Waals surface area contributed by atoms with Crippen LogP contribution in [0.25, 0.3) is 22.5 Å². The van der Waals surface area contributed by atoms with Gasteiger partial charge in [-0.1, -0.05) is 23.7 Å². The molecule has 0 amide bonds. The Kier molecular flexibility index (Phi) is 5.34. The lowest BCUT2D eigenvalue weighted by Gasteiger charge is -2.14. The summed E-state index contributed by atoms with van der Waals surface area (Å²) in [4.78, 5) is 21.6. The maximum atomic E-state index is 13.4. The molecule has 0 atom stereocenters. The van der Waals surface area contributed by atoms with Crippen molar-refractivity contribution >= 4 is 17.4 Å². The number of nitrogens with zero attached hydrogens (tertiary/aromatic N) is 5. The predicted molar refractivity (Wildman–Crippen MR) is 126 cm³/mol. The molecule has 5 rings (SSSR count). The highest BCUT2D eigenvalue weighted by Gasteiger charge is 2.17. The number of ether oxygens (including phenoxy) is 1. The Hall–Kier alpha value is -4.43. The topological polar surface area (TPSA) is 101 Å². The first-order valence-electron chi connectivity index (χ1n) is 9.95. The van der Waals surface area contributed by atoms with Gasteiger partial charge in [0.2, 0.25) is 5.75 Å². The van der Waals surface area contributed by atoms with Crippen LogP contribution in [0, 0.1) is 0 Å². The Bertz CT molecular complexity index is 1450.